The molecule has 0 aliphatic carbocycles. The third-order valence-electron chi connectivity index (χ3n) is 3.74. The maximum Gasteiger partial charge on any atom is 0.284 e. The van der Waals surface area contributed by atoms with E-state index in [9.17, 15) is 4.79 Å². The molecule has 1 saturated heterocycles. The molecule has 2 heterocycles. The Kier molecular flexibility index (Phi) is 3.72. The zero-order valence-electron chi connectivity index (χ0n) is 12.0. The highest BCUT2D eigenvalue weighted by molar-refractivity contribution is 5.98. The molecule has 0 atom stereocenters. The lowest BCUT2D eigenvalue weighted by atomic mass is 10.1. The predicted octanol–water partition coefficient (Wildman–Crippen LogP) is 0.709. The van der Waals surface area contributed by atoms with E-state index in [1.165, 1.54) is 0 Å². The van der Waals surface area contributed by atoms with E-state index < -0.39 is 0 Å². The number of rotatable bonds is 2. The topological polar surface area (TPSA) is 74.5 Å². The highest BCUT2D eigenvalue weighted by atomic mass is 16.2. The lowest BCUT2D eigenvalue weighted by Gasteiger charge is -2.32. The van der Waals surface area contributed by atoms with Crippen molar-refractivity contribution in [3.05, 3.63) is 36.0 Å². The summed E-state index contributed by atoms with van der Waals surface area (Å²) in [6.07, 6.45) is 0. The molecule has 1 aliphatic heterocycles. The summed E-state index contributed by atoms with van der Waals surface area (Å²) in [5.41, 5.74) is 10.6. The Morgan fingerprint density at radius 2 is 1.95 bits per heavy atom. The molecule has 1 fully saturated rings. The first-order valence-corrected chi connectivity index (χ1v) is 7.03. The number of piperazine rings is 1. The van der Waals surface area contributed by atoms with Gasteiger partial charge in [-0.1, -0.05) is 18.2 Å². The second-order valence-electron chi connectivity index (χ2n) is 5.35. The van der Waals surface area contributed by atoms with Crippen LogP contribution in [-0.4, -0.2) is 54.0 Å². The van der Waals surface area contributed by atoms with Gasteiger partial charge in [-0.05, 0) is 19.2 Å². The van der Waals surface area contributed by atoms with Crippen LogP contribution in [0.4, 0.5) is 5.69 Å². The number of para-hydroxylation sites is 1. The van der Waals surface area contributed by atoms with Gasteiger partial charge in [0.15, 0.2) is 0 Å². The maximum absolute atomic E-state index is 12.3. The number of nitrogens with two attached hydrogens (primary N) is 1. The normalized spacial score (nSPS) is 17.0. The molecule has 1 aromatic carbocycles. The average Bonchev–Trinajstić information content (AvgIpc) is 2.49. The molecular formula is C15H19N5O. The maximum atomic E-state index is 12.3. The van der Waals surface area contributed by atoms with E-state index in [2.05, 4.69) is 22.4 Å². The lowest BCUT2D eigenvalue weighted by Crippen LogP contribution is -2.52. The van der Waals surface area contributed by atoms with Crippen LogP contribution in [0.2, 0.25) is 0 Å². The van der Waals surface area contributed by atoms with Crippen molar-refractivity contribution in [2.24, 2.45) is 0 Å². The molecule has 3 rings (SSSR count). The third kappa shape index (κ3) is 2.96. The van der Waals surface area contributed by atoms with Gasteiger partial charge in [0.25, 0.3) is 5.91 Å². The number of amides is 1. The van der Waals surface area contributed by atoms with Gasteiger partial charge in [0.05, 0.1) is 5.52 Å². The number of nitrogen functional groups attached to an aromatic ring is 1. The minimum atomic E-state index is -0.211. The Morgan fingerprint density at radius 3 is 2.71 bits per heavy atom. The van der Waals surface area contributed by atoms with E-state index in [1.807, 2.05) is 29.3 Å². The number of hydrogen-bond acceptors (Lipinski definition) is 5. The number of carbonyl (C=O) groups is 1. The van der Waals surface area contributed by atoms with Crippen molar-refractivity contribution in [2.45, 2.75) is 0 Å². The van der Waals surface area contributed by atoms with E-state index in [-0.39, 0.29) is 5.91 Å². The van der Waals surface area contributed by atoms with Crippen molar-refractivity contribution in [3.8, 4) is 0 Å². The SMILES string of the molecule is CN1CCN(NC(=O)c2cc(N)c3ccccc3n2)CC1. The van der Waals surface area contributed by atoms with Crippen LogP contribution in [0.25, 0.3) is 10.9 Å². The van der Waals surface area contributed by atoms with Crippen molar-refractivity contribution in [1.82, 2.24) is 20.3 Å². The molecule has 1 aliphatic rings. The van der Waals surface area contributed by atoms with Crippen LogP contribution >= 0.6 is 0 Å². The van der Waals surface area contributed by atoms with Crippen LogP contribution in [0.1, 0.15) is 10.5 Å². The Balaban J connectivity index is 1.78. The first-order valence-electron chi connectivity index (χ1n) is 7.03. The number of hydrazine groups is 1. The first kappa shape index (κ1) is 13.8. The Morgan fingerprint density at radius 1 is 1.24 bits per heavy atom. The van der Waals surface area contributed by atoms with Crippen molar-refractivity contribution in [1.29, 1.82) is 0 Å². The number of likely N-dealkylation sites (N-methyl/N-ethyl adjacent to an activating group) is 1. The molecule has 110 valence electrons. The van der Waals surface area contributed by atoms with E-state index in [0.29, 0.717) is 11.4 Å². The quantitative estimate of drug-likeness (QED) is 0.850. The van der Waals surface area contributed by atoms with E-state index in [0.717, 1.165) is 37.1 Å². The molecule has 6 heteroatoms. The fourth-order valence-corrected chi connectivity index (χ4v) is 2.44. The number of aromatic nitrogens is 1. The second kappa shape index (κ2) is 5.67. The number of fused-ring (bicyclic) bond motifs is 1. The van der Waals surface area contributed by atoms with Gasteiger partial charge in [0.1, 0.15) is 5.69 Å². The van der Waals surface area contributed by atoms with E-state index >= 15 is 0 Å². The summed E-state index contributed by atoms with van der Waals surface area (Å²) >= 11 is 0. The summed E-state index contributed by atoms with van der Waals surface area (Å²) in [6, 6.07) is 9.19. The molecule has 3 N–H and O–H groups in total. The minimum Gasteiger partial charge on any atom is -0.398 e. The van der Waals surface area contributed by atoms with E-state index in [4.69, 9.17) is 5.73 Å². The largest absolute Gasteiger partial charge is 0.398 e. The molecule has 1 amide bonds. The number of nitrogens with zero attached hydrogens (tertiary/aromatic N) is 3. The molecule has 0 bridgehead atoms. The van der Waals surface area contributed by atoms with Crippen LogP contribution in [0, 0.1) is 0 Å². The lowest BCUT2D eigenvalue weighted by molar-refractivity contribution is 0.0658. The summed E-state index contributed by atoms with van der Waals surface area (Å²) in [5, 5.41) is 2.80. The molecule has 6 nitrogen and oxygen atoms in total. The van der Waals surface area contributed by atoms with Crippen molar-refractivity contribution < 1.29 is 4.79 Å². The summed E-state index contributed by atoms with van der Waals surface area (Å²) in [7, 11) is 2.07. The van der Waals surface area contributed by atoms with Gasteiger partial charge in [-0.3, -0.25) is 10.2 Å². The highest BCUT2D eigenvalue weighted by Gasteiger charge is 2.18. The fourth-order valence-electron chi connectivity index (χ4n) is 2.44. The molecule has 0 saturated carbocycles. The van der Waals surface area contributed by atoms with E-state index in [1.54, 1.807) is 6.07 Å². The van der Waals surface area contributed by atoms with Crippen molar-refractivity contribution >= 4 is 22.5 Å². The number of carbonyl (C=O) groups excluding carboxylic acids is 1. The highest BCUT2D eigenvalue weighted by Crippen LogP contribution is 2.20. The average molecular weight is 285 g/mol. The molecule has 21 heavy (non-hydrogen) atoms. The molecule has 0 unspecified atom stereocenters. The van der Waals surface area contributed by atoms with Gasteiger partial charge in [0, 0.05) is 37.3 Å². The fraction of sp³-hybridized carbons (Fsp3) is 0.333. The zero-order chi connectivity index (χ0) is 14.8. The Bertz CT molecular complexity index is 664. The van der Waals surface area contributed by atoms with Crippen LogP contribution in [-0.2, 0) is 0 Å². The number of benzene rings is 1. The number of anilines is 1. The number of hydrogen-bond donors (Lipinski definition) is 2. The molecule has 0 radical (unpaired) electrons. The number of nitrogens with one attached hydrogen (secondary N) is 1. The molecule has 0 spiro atoms. The van der Waals surface area contributed by atoms with Gasteiger partial charge in [-0.15, -0.1) is 0 Å². The zero-order valence-corrected chi connectivity index (χ0v) is 12.0. The standard InChI is InChI=1S/C15H19N5O/c1-19-6-8-20(9-7-19)18-15(21)14-10-12(16)11-4-2-3-5-13(11)17-14/h2-5,10H,6-9H2,1H3,(H2,16,17)(H,18,21). The van der Waals surface area contributed by atoms with Gasteiger partial charge in [0.2, 0.25) is 0 Å². The second-order valence-corrected chi connectivity index (χ2v) is 5.35. The van der Waals surface area contributed by atoms with Crippen molar-refractivity contribution in [2.75, 3.05) is 39.0 Å². The Hall–Kier alpha value is -2.18. The van der Waals surface area contributed by atoms with Crippen LogP contribution < -0.4 is 11.2 Å². The van der Waals surface area contributed by atoms with Crippen LogP contribution in [0.3, 0.4) is 0 Å². The molecular weight excluding hydrogens is 266 g/mol. The predicted molar refractivity (Wildman–Crippen MR) is 82.7 cm³/mol. The molecule has 2 aromatic rings. The third-order valence-corrected chi connectivity index (χ3v) is 3.74. The van der Waals surface area contributed by atoms with Crippen LogP contribution in [0.5, 0.6) is 0 Å². The minimum absolute atomic E-state index is 0.211. The smallest absolute Gasteiger partial charge is 0.284 e. The first-order chi connectivity index (χ1) is 10.1. The van der Waals surface area contributed by atoms with Gasteiger partial charge in [-0.2, -0.15) is 0 Å². The Labute approximate surface area is 123 Å². The summed E-state index contributed by atoms with van der Waals surface area (Å²) in [6.45, 7) is 3.50. The summed E-state index contributed by atoms with van der Waals surface area (Å²) in [5.74, 6) is -0.211. The number of pyridine rings is 1. The summed E-state index contributed by atoms with van der Waals surface area (Å²) < 4.78 is 0. The van der Waals surface area contributed by atoms with Gasteiger partial charge < -0.3 is 10.6 Å². The van der Waals surface area contributed by atoms with Gasteiger partial charge >= 0.3 is 0 Å². The van der Waals surface area contributed by atoms with Gasteiger partial charge in [-0.25, -0.2) is 9.99 Å². The van der Waals surface area contributed by atoms with Crippen molar-refractivity contribution in [3.63, 3.8) is 0 Å². The van der Waals surface area contributed by atoms with Crippen LogP contribution in [0.15, 0.2) is 30.3 Å². The summed E-state index contributed by atoms with van der Waals surface area (Å²) in [4.78, 5) is 18.9. The molecule has 1 aromatic heterocycles. The monoisotopic (exact) mass is 285 g/mol.